The average molecular weight is 743 g/mol. The summed E-state index contributed by atoms with van der Waals surface area (Å²) in [5, 5.41) is 11.7. The molecular formula is C54H34N2O2. The lowest BCUT2D eigenvalue weighted by molar-refractivity contribution is 0.668. The van der Waals surface area contributed by atoms with Gasteiger partial charge < -0.3 is 18.6 Å². The maximum Gasteiger partial charge on any atom is 0.137 e. The Morgan fingerprint density at radius 3 is 1.21 bits per heavy atom. The zero-order valence-electron chi connectivity index (χ0n) is 31.3. The Bertz CT molecular complexity index is 3530. The summed E-state index contributed by atoms with van der Waals surface area (Å²) in [6, 6.07) is 73.3. The third-order valence-corrected chi connectivity index (χ3v) is 11.6. The summed E-state index contributed by atoms with van der Waals surface area (Å²) in [5.74, 6) is 0. The maximum atomic E-state index is 6.35. The summed E-state index contributed by atoms with van der Waals surface area (Å²) >= 11 is 0. The molecule has 0 aliphatic carbocycles. The smallest absolute Gasteiger partial charge is 0.137 e. The first kappa shape index (κ1) is 32.4. The maximum absolute atomic E-state index is 6.35. The van der Waals surface area contributed by atoms with Gasteiger partial charge in [-0.2, -0.15) is 0 Å². The Morgan fingerprint density at radius 1 is 0.224 bits per heavy atom. The van der Waals surface area contributed by atoms with Crippen molar-refractivity contribution in [3.63, 3.8) is 0 Å². The van der Waals surface area contributed by atoms with Crippen LogP contribution in [-0.2, 0) is 0 Å². The lowest BCUT2D eigenvalue weighted by atomic mass is 9.96. The molecule has 0 bridgehead atoms. The molecule has 0 spiro atoms. The number of rotatable bonds is 6. The number of para-hydroxylation sites is 4. The summed E-state index contributed by atoms with van der Waals surface area (Å²) in [7, 11) is 0. The highest BCUT2D eigenvalue weighted by molar-refractivity contribution is 6.18. The molecule has 58 heavy (non-hydrogen) atoms. The van der Waals surface area contributed by atoms with Crippen LogP contribution < -0.4 is 9.80 Å². The van der Waals surface area contributed by atoms with Crippen molar-refractivity contribution in [2.45, 2.75) is 0 Å². The van der Waals surface area contributed by atoms with Gasteiger partial charge in [0.2, 0.25) is 0 Å². The lowest BCUT2D eigenvalue weighted by Crippen LogP contribution is -2.09. The average Bonchev–Trinajstić information content (AvgIpc) is 3.85. The van der Waals surface area contributed by atoms with Crippen LogP contribution in [0.3, 0.4) is 0 Å². The summed E-state index contributed by atoms with van der Waals surface area (Å²) in [5.41, 5.74) is 9.95. The molecule has 10 aromatic carbocycles. The molecule has 0 aliphatic rings. The molecule has 0 unspecified atom stereocenters. The Kier molecular flexibility index (Phi) is 7.20. The van der Waals surface area contributed by atoms with E-state index in [1.807, 2.05) is 24.3 Å². The molecule has 0 amide bonds. The van der Waals surface area contributed by atoms with Crippen LogP contribution in [0.25, 0.3) is 76.2 Å². The van der Waals surface area contributed by atoms with Crippen molar-refractivity contribution >= 4 is 110 Å². The fourth-order valence-electron chi connectivity index (χ4n) is 8.89. The molecule has 2 aromatic heterocycles. The summed E-state index contributed by atoms with van der Waals surface area (Å²) in [4.78, 5) is 4.63. The number of nitrogens with zero attached hydrogens (tertiary/aromatic N) is 2. The van der Waals surface area contributed by atoms with E-state index in [0.29, 0.717) is 0 Å². The molecular weight excluding hydrogens is 709 g/mol. The van der Waals surface area contributed by atoms with E-state index in [-0.39, 0.29) is 0 Å². The molecule has 2 heterocycles. The molecule has 4 heteroatoms. The highest BCUT2D eigenvalue weighted by atomic mass is 16.3. The summed E-state index contributed by atoms with van der Waals surface area (Å²) < 4.78 is 12.7. The third kappa shape index (κ3) is 5.16. The number of anilines is 6. The fourth-order valence-corrected chi connectivity index (χ4v) is 8.89. The van der Waals surface area contributed by atoms with Crippen LogP contribution >= 0.6 is 0 Å². The first-order valence-electron chi connectivity index (χ1n) is 19.7. The second-order valence-corrected chi connectivity index (χ2v) is 14.9. The van der Waals surface area contributed by atoms with E-state index in [0.717, 1.165) is 78.0 Å². The minimum Gasteiger partial charge on any atom is -0.456 e. The largest absolute Gasteiger partial charge is 0.456 e. The van der Waals surface area contributed by atoms with Crippen molar-refractivity contribution in [2.24, 2.45) is 0 Å². The van der Waals surface area contributed by atoms with Crippen molar-refractivity contribution in [2.75, 3.05) is 9.80 Å². The Labute approximate surface area is 334 Å². The van der Waals surface area contributed by atoms with E-state index in [1.54, 1.807) is 0 Å². The molecule has 272 valence electrons. The number of hydrogen-bond acceptors (Lipinski definition) is 4. The van der Waals surface area contributed by atoms with E-state index in [2.05, 4.69) is 192 Å². The van der Waals surface area contributed by atoms with Gasteiger partial charge in [0, 0.05) is 67.8 Å². The predicted octanol–water partition coefficient (Wildman–Crippen LogP) is 15.9. The second kappa shape index (κ2) is 12.9. The van der Waals surface area contributed by atoms with Gasteiger partial charge in [0.05, 0.1) is 0 Å². The van der Waals surface area contributed by atoms with E-state index >= 15 is 0 Å². The SMILES string of the molecule is c1ccc(N(c2ccc3c(ccc4c5cc(N(c6ccccc6)c6ccc7c(c6)oc6ccccc67)ccc5ccc34)c2)c2ccc3c(c2)oc2ccccc23)cc1. The summed E-state index contributed by atoms with van der Waals surface area (Å²) in [6.07, 6.45) is 0. The van der Waals surface area contributed by atoms with Gasteiger partial charge in [-0.3, -0.25) is 0 Å². The molecule has 0 atom stereocenters. The molecule has 0 N–H and O–H groups in total. The number of fused-ring (bicyclic) bond motifs is 11. The number of furan rings is 2. The van der Waals surface area contributed by atoms with Gasteiger partial charge in [-0.05, 0) is 117 Å². The van der Waals surface area contributed by atoms with Gasteiger partial charge >= 0.3 is 0 Å². The minimum absolute atomic E-state index is 0.873. The second-order valence-electron chi connectivity index (χ2n) is 14.9. The van der Waals surface area contributed by atoms with Gasteiger partial charge in [0.1, 0.15) is 22.3 Å². The molecule has 12 aromatic rings. The molecule has 12 rings (SSSR count). The minimum atomic E-state index is 0.873. The van der Waals surface area contributed by atoms with E-state index in [4.69, 9.17) is 8.83 Å². The van der Waals surface area contributed by atoms with E-state index < -0.39 is 0 Å². The fraction of sp³-hybridized carbons (Fsp3) is 0. The quantitative estimate of drug-likeness (QED) is 0.159. The highest BCUT2D eigenvalue weighted by Gasteiger charge is 2.19. The van der Waals surface area contributed by atoms with Crippen molar-refractivity contribution in [1.29, 1.82) is 0 Å². The van der Waals surface area contributed by atoms with Crippen molar-refractivity contribution in [3.8, 4) is 0 Å². The first-order valence-corrected chi connectivity index (χ1v) is 19.7. The summed E-state index contributed by atoms with van der Waals surface area (Å²) in [6.45, 7) is 0. The topological polar surface area (TPSA) is 32.8 Å². The molecule has 4 nitrogen and oxygen atoms in total. The van der Waals surface area contributed by atoms with Crippen molar-refractivity contribution in [1.82, 2.24) is 0 Å². The normalized spacial score (nSPS) is 11.8. The van der Waals surface area contributed by atoms with Crippen LogP contribution in [0.2, 0.25) is 0 Å². The molecule has 0 radical (unpaired) electrons. The first-order chi connectivity index (χ1) is 28.7. The molecule has 0 saturated heterocycles. The van der Waals surface area contributed by atoms with Gasteiger partial charge in [0.15, 0.2) is 0 Å². The Hall–Kier alpha value is -7.82. The van der Waals surface area contributed by atoms with Crippen LogP contribution in [0.5, 0.6) is 0 Å². The molecule has 0 aliphatic heterocycles. The van der Waals surface area contributed by atoms with Gasteiger partial charge in [-0.25, -0.2) is 0 Å². The molecule has 0 saturated carbocycles. The van der Waals surface area contributed by atoms with Crippen LogP contribution in [0.1, 0.15) is 0 Å². The number of benzene rings is 10. The van der Waals surface area contributed by atoms with Gasteiger partial charge in [-0.15, -0.1) is 0 Å². The van der Waals surface area contributed by atoms with Crippen LogP contribution in [0.4, 0.5) is 34.1 Å². The van der Waals surface area contributed by atoms with Crippen molar-refractivity contribution < 1.29 is 8.83 Å². The zero-order valence-corrected chi connectivity index (χ0v) is 31.3. The third-order valence-electron chi connectivity index (χ3n) is 11.6. The zero-order chi connectivity index (χ0) is 38.2. The Balaban J connectivity index is 0.985. The highest BCUT2D eigenvalue weighted by Crippen LogP contribution is 2.43. The van der Waals surface area contributed by atoms with E-state index in [1.165, 1.54) is 32.3 Å². The van der Waals surface area contributed by atoms with Crippen LogP contribution in [0, 0.1) is 0 Å². The molecule has 0 fully saturated rings. The standard InChI is InChI=1S/C54H34N2O2/c1-3-11-37(12-4-1)55(41-24-29-48-46-15-7-9-17-51(46)57-53(48)33-41)39-23-28-43-36(31-39)21-27-45-44(43)26-20-35-19-22-40(32-50(35)45)56(38-13-5-2-6-14-38)42-25-30-49-47-16-8-10-18-52(47)58-54(49)34-42/h1-34H. The lowest BCUT2D eigenvalue weighted by Gasteiger charge is -2.26. The number of hydrogen-bond donors (Lipinski definition) is 0. The predicted molar refractivity (Wildman–Crippen MR) is 243 cm³/mol. The Morgan fingerprint density at radius 2 is 0.621 bits per heavy atom. The van der Waals surface area contributed by atoms with Crippen LogP contribution in [0.15, 0.2) is 215 Å². The van der Waals surface area contributed by atoms with Crippen molar-refractivity contribution in [3.05, 3.63) is 206 Å². The van der Waals surface area contributed by atoms with Gasteiger partial charge in [0.25, 0.3) is 0 Å². The van der Waals surface area contributed by atoms with Gasteiger partial charge in [-0.1, -0.05) is 109 Å². The monoisotopic (exact) mass is 742 g/mol. The van der Waals surface area contributed by atoms with Crippen LogP contribution in [-0.4, -0.2) is 0 Å². The van der Waals surface area contributed by atoms with E-state index in [9.17, 15) is 0 Å².